The number of anilines is 1. The number of carbonyl (C=O) groups is 1. The van der Waals surface area contributed by atoms with E-state index in [1.165, 1.54) is 41.4 Å². The molecule has 3 aromatic rings. The third-order valence-corrected chi connectivity index (χ3v) is 8.53. The quantitative estimate of drug-likeness (QED) is 0.359. The Labute approximate surface area is 234 Å². The lowest BCUT2D eigenvalue weighted by Gasteiger charge is -2.41. The predicted molar refractivity (Wildman–Crippen MR) is 150 cm³/mol. The Hall–Kier alpha value is -3.38. The Morgan fingerprint density at radius 3 is 2.50 bits per heavy atom. The van der Waals surface area contributed by atoms with Crippen molar-refractivity contribution in [2.45, 2.75) is 63.3 Å². The Morgan fingerprint density at radius 2 is 1.88 bits per heavy atom. The summed E-state index contributed by atoms with van der Waals surface area (Å²) >= 11 is 0. The molecule has 2 heterocycles. The van der Waals surface area contributed by atoms with Crippen LogP contribution in [0.3, 0.4) is 0 Å². The van der Waals surface area contributed by atoms with Crippen LogP contribution >= 0.6 is 0 Å². The molecule has 0 saturated heterocycles. The van der Waals surface area contributed by atoms with Crippen LogP contribution in [0, 0.1) is 5.82 Å². The smallest absolute Gasteiger partial charge is 0.259 e. The molecule has 0 aliphatic carbocycles. The van der Waals surface area contributed by atoms with Crippen molar-refractivity contribution in [2.75, 3.05) is 18.5 Å². The molecule has 0 spiro atoms. The first-order chi connectivity index (χ1) is 18.9. The third kappa shape index (κ3) is 5.73. The summed E-state index contributed by atoms with van der Waals surface area (Å²) in [6.45, 7) is 7.46. The van der Waals surface area contributed by atoms with Gasteiger partial charge in [0, 0.05) is 30.4 Å². The number of aryl methyl sites for hydroxylation is 1. The van der Waals surface area contributed by atoms with Gasteiger partial charge in [0.15, 0.2) is 0 Å². The van der Waals surface area contributed by atoms with Crippen LogP contribution in [0.5, 0.6) is 5.88 Å². The van der Waals surface area contributed by atoms with E-state index >= 15 is 0 Å². The van der Waals surface area contributed by atoms with E-state index in [-0.39, 0.29) is 35.0 Å². The highest BCUT2D eigenvalue weighted by Crippen LogP contribution is 2.40. The van der Waals surface area contributed by atoms with E-state index in [4.69, 9.17) is 4.74 Å². The normalized spacial score (nSPS) is 18.1. The van der Waals surface area contributed by atoms with Gasteiger partial charge in [0.05, 0.1) is 22.2 Å². The lowest BCUT2D eigenvalue weighted by Crippen LogP contribution is -2.53. The van der Waals surface area contributed by atoms with E-state index in [0.29, 0.717) is 11.3 Å². The minimum absolute atomic E-state index is 0.0447. The van der Waals surface area contributed by atoms with Crippen LogP contribution in [0.15, 0.2) is 59.6 Å². The van der Waals surface area contributed by atoms with Crippen LogP contribution in [0.2, 0.25) is 0 Å². The molecule has 1 aliphatic rings. The number of fused-ring (bicyclic) bond motifs is 1. The molecule has 0 bridgehead atoms. The number of amides is 1. The maximum atomic E-state index is 14.6. The second-order valence-electron chi connectivity index (χ2n) is 10.2. The topological polar surface area (TPSA) is 121 Å². The Balaban J connectivity index is 1.74. The summed E-state index contributed by atoms with van der Waals surface area (Å²) in [5.74, 6) is -0.802. The molecule has 1 aromatic heterocycles. The minimum Gasteiger partial charge on any atom is -0.469 e. The van der Waals surface area contributed by atoms with Gasteiger partial charge in [-0.1, -0.05) is 25.1 Å². The molecule has 2 atom stereocenters. The van der Waals surface area contributed by atoms with Crippen LogP contribution in [-0.4, -0.2) is 49.7 Å². The highest BCUT2D eigenvalue weighted by atomic mass is 32.2. The molecule has 1 aliphatic heterocycles. The average molecular weight is 571 g/mol. The fraction of sp³-hybridized carbons (Fsp3) is 0.379. The number of carbonyl (C=O) groups excluding carboxylic acids is 1. The predicted octanol–water partition coefficient (Wildman–Crippen LogP) is 3.72. The maximum absolute atomic E-state index is 14.6. The van der Waals surface area contributed by atoms with E-state index < -0.39 is 39.5 Å². The molecule has 0 unspecified atom stereocenters. The number of halogens is 1. The second kappa shape index (κ2) is 11.6. The summed E-state index contributed by atoms with van der Waals surface area (Å²) in [5.41, 5.74) is 0.908. The van der Waals surface area contributed by atoms with Crippen molar-refractivity contribution in [1.29, 1.82) is 0 Å². The minimum atomic E-state index is -4.06. The largest absolute Gasteiger partial charge is 0.469 e. The zero-order chi connectivity index (χ0) is 29.2. The van der Waals surface area contributed by atoms with Crippen molar-refractivity contribution < 1.29 is 27.4 Å². The first kappa shape index (κ1) is 29.6. The number of sulfonamides is 1. The number of benzene rings is 2. The number of ether oxygens (including phenoxy) is 1. The van der Waals surface area contributed by atoms with Gasteiger partial charge in [-0.15, -0.1) is 0 Å². The van der Waals surface area contributed by atoms with E-state index in [0.717, 1.165) is 12.0 Å². The molecule has 0 fully saturated rings. The van der Waals surface area contributed by atoms with Crippen molar-refractivity contribution in [3.8, 4) is 5.88 Å². The van der Waals surface area contributed by atoms with Gasteiger partial charge in [0.1, 0.15) is 17.5 Å². The number of rotatable bonds is 9. The van der Waals surface area contributed by atoms with E-state index in [9.17, 15) is 22.7 Å². The third-order valence-electron chi connectivity index (χ3n) is 7.07. The van der Waals surface area contributed by atoms with Gasteiger partial charge < -0.3 is 20.1 Å². The van der Waals surface area contributed by atoms with Crippen LogP contribution in [-0.2, 0) is 23.0 Å². The van der Waals surface area contributed by atoms with Gasteiger partial charge in [0.2, 0.25) is 15.9 Å². The number of nitrogens with one attached hydrogen (secondary N) is 2. The summed E-state index contributed by atoms with van der Waals surface area (Å²) in [7, 11) is -2.37. The number of aromatic nitrogens is 1. The summed E-state index contributed by atoms with van der Waals surface area (Å²) < 4.78 is 49.9. The lowest BCUT2D eigenvalue weighted by molar-refractivity contribution is -0.0632. The molecule has 11 heteroatoms. The fourth-order valence-electron chi connectivity index (χ4n) is 4.77. The van der Waals surface area contributed by atoms with Crippen LogP contribution in [0.1, 0.15) is 60.8 Å². The maximum Gasteiger partial charge on any atom is 0.259 e. The molecule has 40 heavy (non-hydrogen) atoms. The highest BCUT2D eigenvalue weighted by Gasteiger charge is 2.45. The van der Waals surface area contributed by atoms with E-state index in [2.05, 4.69) is 15.0 Å². The SMILES string of the molecule is CCc1ccc(S(=O)(=O)N[C@@H]2c3cc(C(=O)N(CC)c4cccc(F)c4CNC)cnc3OC(C)(C)[C@H]2O)cc1. The first-order valence-electron chi connectivity index (χ1n) is 13.2. The molecule has 0 radical (unpaired) electrons. The number of hydrogen-bond donors (Lipinski definition) is 3. The fourth-order valence-corrected chi connectivity index (χ4v) is 5.99. The second-order valence-corrected chi connectivity index (χ2v) is 11.9. The van der Waals surface area contributed by atoms with Gasteiger partial charge in [-0.25, -0.2) is 22.5 Å². The molecule has 4 rings (SSSR count). The number of nitrogens with zero attached hydrogens (tertiary/aromatic N) is 2. The van der Waals surface area contributed by atoms with Gasteiger partial charge >= 0.3 is 0 Å². The number of aliphatic hydroxyl groups is 1. The summed E-state index contributed by atoms with van der Waals surface area (Å²) in [6.07, 6.45) is 0.797. The molecule has 1 amide bonds. The van der Waals surface area contributed by atoms with Crippen LogP contribution in [0.4, 0.5) is 10.1 Å². The number of pyridine rings is 1. The lowest BCUT2D eigenvalue weighted by atomic mass is 9.88. The average Bonchev–Trinajstić information content (AvgIpc) is 2.93. The molecular weight excluding hydrogens is 535 g/mol. The van der Waals surface area contributed by atoms with E-state index in [1.54, 1.807) is 46.0 Å². The van der Waals surface area contributed by atoms with Crippen molar-refractivity contribution in [2.24, 2.45) is 0 Å². The van der Waals surface area contributed by atoms with Crippen LogP contribution < -0.4 is 19.7 Å². The van der Waals surface area contributed by atoms with Crippen molar-refractivity contribution >= 4 is 21.6 Å². The monoisotopic (exact) mass is 570 g/mol. The molecule has 214 valence electrons. The number of hydrogen-bond acceptors (Lipinski definition) is 7. The van der Waals surface area contributed by atoms with Crippen molar-refractivity contribution in [3.05, 3.63) is 82.8 Å². The zero-order valence-electron chi connectivity index (χ0n) is 23.2. The summed E-state index contributed by atoms with van der Waals surface area (Å²) in [6, 6.07) is 11.3. The Bertz CT molecular complexity index is 1490. The van der Waals surface area contributed by atoms with Crippen molar-refractivity contribution in [1.82, 2.24) is 15.0 Å². The Morgan fingerprint density at radius 1 is 1.18 bits per heavy atom. The zero-order valence-corrected chi connectivity index (χ0v) is 24.0. The van der Waals surface area contributed by atoms with Gasteiger partial charge in [-0.3, -0.25) is 4.79 Å². The molecular formula is C29H35FN4O5S. The van der Waals surface area contributed by atoms with Crippen LogP contribution in [0.25, 0.3) is 0 Å². The summed E-state index contributed by atoms with van der Waals surface area (Å²) in [4.78, 5) is 19.5. The van der Waals surface area contributed by atoms with E-state index in [1.807, 2.05) is 6.92 Å². The number of aliphatic hydroxyl groups excluding tert-OH is 1. The van der Waals surface area contributed by atoms with Gasteiger partial charge in [-0.2, -0.15) is 0 Å². The first-order valence-corrected chi connectivity index (χ1v) is 14.6. The highest BCUT2D eigenvalue weighted by molar-refractivity contribution is 7.89. The summed E-state index contributed by atoms with van der Waals surface area (Å²) in [5, 5.41) is 14.1. The molecule has 2 aromatic carbocycles. The van der Waals surface area contributed by atoms with Gasteiger partial charge in [-0.05, 0) is 70.1 Å². The Kier molecular flexibility index (Phi) is 8.60. The van der Waals surface area contributed by atoms with Crippen molar-refractivity contribution in [3.63, 3.8) is 0 Å². The standard InChI is InChI=1S/C29H35FN4O5S/c1-6-18-11-13-20(14-12-18)40(37,38)33-25-21-15-19(16-32-27(21)39-29(3,4)26(25)35)28(36)34(7-2)24-10-8-9-23(30)22(24)17-31-5/h8-16,25-26,31,33,35H,6-7,17H2,1-5H3/t25-,26+/m1/s1. The molecule has 9 nitrogen and oxygen atoms in total. The molecule has 3 N–H and O–H groups in total. The van der Waals surface area contributed by atoms with Gasteiger partial charge in [0.25, 0.3) is 5.91 Å². The molecule has 0 saturated carbocycles.